The molecule has 0 radical (unpaired) electrons. The van der Waals surface area contributed by atoms with Gasteiger partial charge in [0.05, 0.1) is 0 Å². The average molecular weight is 154 g/mol. The lowest BCUT2D eigenvalue weighted by molar-refractivity contribution is 0.339. The highest BCUT2D eigenvalue weighted by Crippen LogP contribution is 2.26. The first-order valence-electron chi connectivity index (χ1n) is 4.99. The number of allylic oxidation sites excluding steroid dienone is 2. The summed E-state index contributed by atoms with van der Waals surface area (Å²) in [5.74, 6) is 1.90. The minimum atomic E-state index is 0.931. The fourth-order valence-electron chi connectivity index (χ4n) is 1.58. The molecule has 0 heteroatoms. The fraction of sp³-hybridized carbons (Fsp3) is 0.818. The van der Waals surface area contributed by atoms with Gasteiger partial charge in [-0.25, -0.2) is 0 Å². The maximum atomic E-state index is 2.36. The van der Waals surface area contributed by atoms with Crippen molar-refractivity contribution >= 4 is 0 Å². The van der Waals surface area contributed by atoms with Gasteiger partial charge in [0.1, 0.15) is 0 Å². The Hall–Kier alpha value is -0.260. The molecule has 0 bridgehead atoms. The van der Waals surface area contributed by atoms with Crippen molar-refractivity contribution in [1.82, 2.24) is 0 Å². The third-order valence-corrected chi connectivity index (χ3v) is 2.44. The Morgan fingerprint density at radius 2 is 1.73 bits per heavy atom. The molecule has 0 saturated carbocycles. The number of rotatable bonds is 1. The SMILES string of the molecule is CC.CCC1CC=CCC1C. The predicted octanol–water partition coefficient (Wildman–Crippen LogP) is 4.02. The quantitative estimate of drug-likeness (QED) is 0.500. The molecule has 0 saturated heterocycles. The van der Waals surface area contributed by atoms with E-state index in [2.05, 4.69) is 26.0 Å². The van der Waals surface area contributed by atoms with Crippen LogP contribution in [-0.2, 0) is 0 Å². The molecule has 0 nitrogen and oxygen atoms in total. The molecule has 66 valence electrons. The van der Waals surface area contributed by atoms with Crippen LogP contribution in [0.15, 0.2) is 12.2 Å². The Labute approximate surface area is 71.7 Å². The van der Waals surface area contributed by atoms with Gasteiger partial charge in [0.25, 0.3) is 0 Å². The van der Waals surface area contributed by atoms with Crippen LogP contribution in [0.5, 0.6) is 0 Å². The van der Waals surface area contributed by atoms with Crippen LogP contribution in [0.4, 0.5) is 0 Å². The molecule has 0 aromatic rings. The van der Waals surface area contributed by atoms with Gasteiger partial charge in [-0.15, -0.1) is 0 Å². The molecular formula is C11H22. The Kier molecular flexibility index (Phi) is 6.30. The molecule has 1 aliphatic carbocycles. The first-order chi connectivity index (χ1) is 5.34. The van der Waals surface area contributed by atoms with E-state index in [0.717, 1.165) is 11.8 Å². The zero-order chi connectivity index (χ0) is 8.69. The summed E-state index contributed by atoms with van der Waals surface area (Å²) in [6.07, 6.45) is 8.62. The lowest BCUT2D eigenvalue weighted by Crippen LogP contribution is -2.11. The highest BCUT2D eigenvalue weighted by Gasteiger charge is 2.14. The molecule has 0 aliphatic heterocycles. The van der Waals surface area contributed by atoms with Crippen LogP contribution >= 0.6 is 0 Å². The van der Waals surface area contributed by atoms with Crippen molar-refractivity contribution in [1.29, 1.82) is 0 Å². The van der Waals surface area contributed by atoms with Gasteiger partial charge in [-0.05, 0) is 24.7 Å². The van der Waals surface area contributed by atoms with Gasteiger partial charge in [-0.1, -0.05) is 46.3 Å². The highest BCUT2D eigenvalue weighted by molar-refractivity contribution is 4.92. The lowest BCUT2D eigenvalue weighted by atomic mass is 9.83. The van der Waals surface area contributed by atoms with E-state index in [1.807, 2.05) is 13.8 Å². The second kappa shape index (κ2) is 6.45. The van der Waals surface area contributed by atoms with E-state index in [-0.39, 0.29) is 0 Å². The zero-order valence-electron chi connectivity index (χ0n) is 8.43. The Bertz CT molecular complexity index is 103. The first-order valence-corrected chi connectivity index (χ1v) is 4.99. The largest absolute Gasteiger partial charge is 0.0883 e. The van der Waals surface area contributed by atoms with E-state index in [0.29, 0.717) is 0 Å². The maximum absolute atomic E-state index is 2.36. The zero-order valence-corrected chi connectivity index (χ0v) is 8.43. The molecule has 0 aromatic heterocycles. The van der Waals surface area contributed by atoms with E-state index < -0.39 is 0 Å². The van der Waals surface area contributed by atoms with Crippen LogP contribution in [0.25, 0.3) is 0 Å². The minimum Gasteiger partial charge on any atom is -0.0883 e. The van der Waals surface area contributed by atoms with Crippen LogP contribution in [0, 0.1) is 11.8 Å². The van der Waals surface area contributed by atoms with Crippen molar-refractivity contribution in [3.05, 3.63) is 12.2 Å². The average Bonchev–Trinajstić information content (AvgIpc) is 2.09. The van der Waals surface area contributed by atoms with Crippen molar-refractivity contribution in [2.24, 2.45) is 11.8 Å². The summed E-state index contributed by atoms with van der Waals surface area (Å²) in [7, 11) is 0. The number of hydrogen-bond acceptors (Lipinski definition) is 0. The van der Waals surface area contributed by atoms with Crippen LogP contribution < -0.4 is 0 Å². The summed E-state index contributed by atoms with van der Waals surface area (Å²) in [5, 5.41) is 0. The van der Waals surface area contributed by atoms with Gasteiger partial charge in [0, 0.05) is 0 Å². The normalized spacial score (nSPS) is 29.1. The van der Waals surface area contributed by atoms with Crippen molar-refractivity contribution in [3.63, 3.8) is 0 Å². The second-order valence-corrected chi connectivity index (χ2v) is 3.09. The van der Waals surface area contributed by atoms with Crippen molar-refractivity contribution in [2.75, 3.05) is 0 Å². The maximum Gasteiger partial charge on any atom is -0.0320 e. The van der Waals surface area contributed by atoms with E-state index in [4.69, 9.17) is 0 Å². The summed E-state index contributed by atoms with van der Waals surface area (Å²) < 4.78 is 0. The highest BCUT2D eigenvalue weighted by atomic mass is 14.2. The van der Waals surface area contributed by atoms with E-state index in [9.17, 15) is 0 Å². The van der Waals surface area contributed by atoms with E-state index in [1.165, 1.54) is 19.3 Å². The molecule has 0 N–H and O–H groups in total. The van der Waals surface area contributed by atoms with Crippen LogP contribution in [-0.4, -0.2) is 0 Å². The standard InChI is InChI=1S/C9H16.C2H6/c1-3-9-7-5-4-6-8(9)2;1-2/h4-5,8-9H,3,6-7H2,1-2H3;1-2H3. The van der Waals surface area contributed by atoms with Gasteiger partial charge in [-0.2, -0.15) is 0 Å². The minimum absolute atomic E-state index is 0.931. The van der Waals surface area contributed by atoms with E-state index in [1.54, 1.807) is 0 Å². The van der Waals surface area contributed by atoms with Gasteiger partial charge in [-0.3, -0.25) is 0 Å². The third-order valence-electron chi connectivity index (χ3n) is 2.44. The molecular weight excluding hydrogens is 132 g/mol. The summed E-state index contributed by atoms with van der Waals surface area (Å²) in [6, 6.07) is 0. The summed E-state index contributed by atoms with van der Waals surface area (Å²) in [6.45, 7) is 8.65. The monoisotopic (exact) mass is 154 g/mol. The van der Waals surface area contributed by atoms with Crippen LogP contribution in [0.2, 0.25) is 0 Å². The summed E-state index contributed by atoms with van der Waals surface area (Å²) in [5.41, 5.74) is 0. The molecule has 11 heavy (non-hydrogen) atoms. The molecule has 0 amide bonds. The lowest BCUT2D eigenvalue weighted by Gasteiger charge is -2.23. The molecule has 0 fully saturated rings. The van der Waals surface area contributed by atoms with E-state index >= 15 is 0 Å². The Balaban J connectivity index is 0.000000461. The van der Waals surface area contributed by atoms with Crippen LogP contribution in [0.3, 0.4) is 0 Å². The molecule has 0 heterocycles. The van der Waals surface area contributed by atoms with Crippen molar-refractivity contribution in [2.45, 2.75) is 47.0 Å². The second-order valence-electron chi connectivity index (χ2n) is 3.09. The molecule has 0 spiro atoms. The van der Waals surface area contributed by atoms with Gasteiger partial charge < -0.3 is 0 Å². The van der Waals surface area contributed by atoms with Gasteiger partial charge in [0.2, 0.25) is 0 Å². The molecule has 0 aromatic carbocycles. The van der Waals surface area contributed by atoms with Gasteiger partial charge >= 0.3 is 0 Å². The molecule has 2 unspecified atom stereocenters. The summed E-state index contributed by atoms with van der Waals surface area (Å²) in [4.78, 5) is 0. The summed E-state index contributed by atoms with van der Waals surface area (Å²) >= 11 is 0. The van der Waals surface area contributed by atoms with Crippen molar-refractivity contribution in [3.8, 4) is 0 Å². The fourth-order valence-corrected chi connectivity index (χ4v) is 1.58. The van der Waals surface area contributed by atoms with Crippen LogP contribution in [0.1, 0.15) is 47.0 Å². The molecule has 1 aliphatic rings. The number of hydrogen-bond donors (Lipinski definition) is 0. The topological polar surface area (TPSA) is 0 Å². The predicted molar refractivity (Wildman–Crippen MR) is 52.7 cm³/mol. The van der Waals surface area contributed by atoms with Gasteiger partial charge in [0.15, 0.2) is 0 Å². The smallest absolute Gasteiger partial charge is 0.0320 e. The molecule has 1 rings (SSSR count). The Morgan fingerprint density at radius 1 is 1.18 bits per heavy atom. The first kappa shape index (κ1) is 10.7. The van der Waals surface area contributed by atoms with Crippen molar-refractivity contribution < 1.29 is 0 Å². The Morgan fingerprint density at radius 3 is 2.09 bits per heavy atom. The molecule has 2 atom stereocenters. The third kappa shape index (κ3) is 3.60.